The molecule has 0 aromatic heterocycles. The molecule has 1 aliphatic heterocycles. The first-order valence-electron chi connectivity index (χ1n) is 4.29. The highest BCUT2D eigenvalue weighted by molar-refractivity contribution is 8.01. The van der Waals surface area contributed by atoms with Gasteiger partial charge in [-0.15, -0.1) is 11.8 Å². The monoisotopic (exact) mass is 189 g/mol. The molecule has 1 fully saturated rings. The van der Waals surface area contributed by atoms with Crippen LogP contribution in [-0.4, -0.2) is 39.7 Å². The molecule has 0 aromatic carbocycles. The topological polar surface area (TPSA) is 40.5 Å². The summed E-state index contributed by atoms with van der Waals surface area (Å²) in [6.07, 6.45) is 0.681. The van der Waals surface area contributed by atoms with Crippen LogP contribution in [0.4, 0.5) is 0 Å². The Kier molecular flexibility index (Phi) is 3.01. The van der Waals surface area contributed by atoms with Crippen molar-refractivity contribution in [2.45, 2.75) is 25.1 Å². The van der Waals surface area contributed by atoms with Crippen molar-refractivity contribution in [3.05, 3.63) is 0 Å². The van der Waals surface area contributed by atoms with E-state index in [2.05, 4.69) is 0 Å². The van der Waals surface area contributed by atoms with Crippen LogP contribution in [0.3, 0.4) is 0 Å². The predicted octanol–water partition coefficient (Wildman–Crippen LogP) is 1.25. The number of carbonyl (C=O) groups is 1. The highest BCUT2D eigenvalue weighted by Crippen LogP contribution is 2.38. The summed E-state index contributed by atoms with van der Waals surface area (Å²) in [5, 5.41) is 9.10. The van der Waals surface area contributed by atoms with Gasteiger partial charge in [0.1, 0.15) is 0 Å². The van der Waals surface area contributed by atoms with Crippen LogP contribution in [0.15, 0.2) is 0 Å². The third kappa shape index (κ3) is 1.33. The van der Waals surface area contributed by atoms with Crippen LogP contribution in [0.5, 0.6) is 0 Å². The van der Waals surface area contributed by atoms with Crippen molar-refractivity contribution in [1.29, 1.82) is 0 Å². The van der Waals surface area contributed by atoms with Gasteiger partial charge >= 0.3 is 5.97 Å². The fourth-order valence-corrected chi connectivity index (χ4v) is 3.06. The zero-order chi connectivity index (χ0) is 9.19. The Morgan fingerprint density at radius 3 is 2.67 bits per heavy atom. The lowest BCUT2D eigenvalue weighted by Crippen LogP contribution is -2.47. The zero-order valence-corrected chi connectivity index (χ0v) is 8.36. The minimum atomic E-state index is -0.686. The Balaban J connectivity index is 2.83. The van der Waals surface area contributed by atoms with Gasteiger partial charge in [-0.25, -0.2) is 4.79 Å². The average molecular weight is 189 g/mol. The van der Waals surface area contributed by atoms with Crippen molar-refractivity contribution >= 4 is 17.7 Å². The van der Waals surface area contributed by atoms with Crippen molar-refractivity contribution in [3.8, 4) is 0 Å². The molecule has 4 heteroatoms. The maximum Gasteiger partial charge on any atom is 0.334 e. The van der Waals surface area contributed by atoms with Crippen LogP contribution >= 0.6 is 11.8 Å². The molecule has 1 saturated heterocycles. The van der Waals surface area contributed by atoms with Gasteiger partial charge in [-0.3, -0.25) is 4.90 Å². The Hall–Kier alpha value is -0.220. The van der Waals surface area contributed by atoms with Gasteiger partial charge in [0.2, 0.25) is 0 Å². The van der Waals surface area contributed by atoms with Crippen LogP contribution in [-0.2, 0) is 4.79 Å². The van der Waals surface area contributed by atoms with Crippen molar-refractivity contribution in [3.63, 3.8) is 0 Å². The van der Waals surface area contributed by atoms with Crippen LogP contribution < -0.4 is 0 Å². The number of hydrogen-bond acceptors (Lipinski definition) is 3. The first-order valence-corrected chi connectivity index (χ1v) is 5.28. The number of rotatable bonds is 3. The molecule has 1 atom stereocenters. The number of carboxylic acid groups (broad SMARTS) is 1. The molecule has 12 heavy (non-hydrogen) atoms. The molecule has 1 heterocycles. The molecule has 70 valence electrons. The number of aliphatic carboxylic acids is 1. The fraction of sp³-hybridized carbons (Fsp3) is 0.875. The fourth-order valence-electron chi connectivity index (χ4n) is 1.68. The summed E-state index contributed by atoms with van der Waals surface area (Å²) in [7, 11) is 0. The van der Waals surface area contributed by atoms with E-state index in [1.54, 1.807) is 11.8 Å². The van der Waals surface area contributed by atoms with E-state index < -0.39 is 10.8 Å². The van der Waals surface area contributed by atoms with E-state index >= 15 is 0 Å². The highest BCUT2D eigenvalue weighted by Gasteiger charge is 2.46. The average Bonchev–Trinajstić information content (AvgIpc) is 2.47. The lowest BCUT2D eigenvalue weighted by molar-refractivity contribution is -0.144. The van der Waals surface area contributed by atoms with Gasteiger partial charge in [0, 0.05) is 12.3 Å². The van der Waals surface area contributed by atoms with Crippen molar-refractivity contribution in [2.24, 2.45) is 0 Å². The highest BCUT2D eigenvalue weighted by atomic mass is 32.2. The Morgan fingerprint density at radius 1 is 1.67 bits per heavy atom. The molecule has 0 saturated carbocycles. The van der Waals surface area contributed by atoms with E-state index in [-0.39, 0.29) is 0 Å². The third-order valence-corrected chi connectivity index (χ3v) is 3.99. The summed E-state index contributed by atoms with van der Waals surface area (Å²) in [6.45, 7) is 5.68. The van der Waals surface area contributed by atoms with Crippen molar-refractivity contribution in [2.75, 3.05) is 18.8 Å². The van der Waals surface area contributed by atoms with Crippen LogP contribution in [0, 0.1) is 0 Å². The van der Waals surface area contributed by atoms with E-state index in [0.717, 1.165) is 18.8 Å². The summed E-state index contributed by atoms with van der Waals surface area (Å²) in [6, 6.07) is 0. The van der Waals surface area contributed by atoms with Gasteiger partial charge in [0.25, 0.3) is 0 Å². The first kappa shape index (κ1) is 9.86. The summed E-state index contributed by atoms with van der Waals surface area (Å²) in [5.41, 5.74) is 0. The second-order valence-electron chi connectivity index (χ2n) is 2.87. The Labute approximate surface area is 77.1 Å². The maximum absolute atomic E-state index is 11.1. The SMILES string of the molecule is CCN1CCSC1(CC)C(=O)O. The Morgan fingerprint density at radius 2 is 2.33 bits per heavy atom. The number of hydrogen-bond donors (Lipinski definition) is 1. The summed E-state index contributed by atoms with van der Waals surface area (Å²) < 4.78 is 0. The summed E-state index contributed by atoms with van der Waals surface area (Å²) in [4.78, 5) is 12.5. The lowest BCUT2D eigenvalue weighted by atomic mass is 10.2. The van der Waals surface area contributed by atoms with Gasteiger partial charge in [0.15, 0.2) is 4.87 Å². The van der Waals surface area contributed by atoms with Gasteiger partial charge < -0.3 is 5.11 Å². The predicted molar refractivity (Wildman–Crippen MR) is 50.4 cm³/mol. The molecule has 1 rings (SSSR count). The summed E-state index contributed by atoms with van der Waals surface area (Å²) >= 11 is 1.56. The minimum Gasteiger partial charge on any atom is -0.479 e. The molecule has 0 spiro atoms. The van der Waals surface area contributed by atoms with Gasteiger partial charge in [-0.2, -0.15) is 0 Å². The van der Waals surface area contributed by atoms with Crippen molar-refractivity contribution in [1.82, 2.24) is 4.90 Å². The number of nitrogens with zero attached hydrogens (tertiary/aromatic N) is 1. The zero-order valence-electron chi connectivity index (χ0n) is 7.54. The molecular weight excluding hydrogens is 174 g/mol. The second-order valence-corrected chi connectivity index (χ2v) is 4.24. The molecule has 1 aliphatic rings. The lowest BCUT2D eigenvalue weighted by Gasteiger charge is -2.31. The third-order valence-electron chi connectivity index (χ3n) is 2.41. The van der Waals surface area contributed by atoms with E-state index in [9.17, 15) is 4.79 Å². The van der Waals surface area contributed by atoms with Crippen molar-refractivity contribution < 1.29 is 9.90 Å². The molecule has 0 bridgehead atoms. The van der Waals surface area contributed by atoms with Gasteiger partial charge in [-0.05, 0) is 13.0 Å². The van der Waals surface area contributed by atoms with Gasteiger partial charge in [-0.1, -0.05) is 13.8 Å². The first-order chi connectivity index (χ1) is 5.67. The Bertz CT molecular complexity index is 186. The molecular formula is C8H15NO2S. The number of thioether (sulfide) groups is 1. The second kappa shape index (κ2) is 3.66. The molecule has 1 N–H and O–H groups in total. The normalized spacial score (nSPS) is 30.8. The van der Waals surface area contributed by atoms with E-state index in [0.29, 0.717) is 6.42 Å². The van der Waals surface area contributed by atoms with Crippen LogP contribution in [0.1, 0.15) is 20.3 Å². The largest absolute Gasteiger partial charge is 0.479 e. The molecule has 0 aliphatic carbocycles. The quantitative estimate of drug-likeness (QED) is 0.725. The minimum absolute atomic E-state index is 0.630. The molecule has 1 unspecified atom stereocenters. The smallest absolute Gasteiger partial charge is 0.334 e. The van der Waals surface area contributed by atoms with Gasteiger partial charge in [0.05, 0.1) is 0 Å². The van der Waals surface area contributed by atoms with E-state index in [1.165, 1.54) is 0 Å². The molecule has 0 amide bonds. The van der Waals surface area contributed by atoms with Crippen LogP contribution in [0.2, 0.25) is 0 Å². The number of carboxylic acids is 1. The van der Waals surface area contributed by atoms with E-state index in [1.807, 2.05) is 18.7 Å². The number of likely N-dealkylation sites (N-methyl/N-ethyl adjacent to an activating group) is 1. The summed E-state index contributed by atoms with van der Waals surface area (Å²) in [5.74, 6) is 0.253. The molecule has 3 nitrogen and oxygen atoms in total. The van der Waals surface area contributed by atoms with Crippen LogP contribution in [0.25, 0.3) is 0 Å². The van der Waals surface area contributed by atoms with E-state index in [4.69, 9.17) is 5.11 Å². The standard InChI is InChI=1S/C8H15NO2S/c1-3-8(7(10)11)9(4-2)5-6-12-8/h3-6H2,1-2H3,(H,10,11). The molecule has 0 radical (unpaired) electrons. The molecule has 0 aromatic rings. The maximum atomic E-state index is 11.1.